The van der Waals surface area contributed by atoms with Gasteiger partial charge in [-0.2, -0.15) is 18.4 Å². The van der Waals surface area contributed by atoms with Gasteiger partial charge in [-0.25, -0.2) is 0 Å². The lowest BCUT2D eigenvalue weighted by Gasteiger charge is -2.09. The summed E-state index contributed by atoms with van der Waals surface area (Å²) in [6, 6.07) is 4.44. The first kappa shape index (κ1) is 9.39. The molecule has 1 aromatic carbocycles. The zero-order chi connectivity index (χ0) is 10.1. The lowest BCUT2D eigenvalue weighted by atomic mass is 10.1. The van der Waals surface area contributed by atoms with Gasteiger partial charge in [0.25, 0.3) is 0 Å². The Balaban J connectivity index is 3.43. The minimum absolute atomic E-state index is 0.576. The van der Waals surface area contributed by atoms with Crippen molar-refractivity contribution in [3.05, 3.63) is 29.3 Å². The molecule has 0 radical (unpaired) electrons. The van der Waals surface area contributed by atoms with Gasteiger partial charge in [-0.05, 0) is 12.1 Å². The molecular formula is C8H4F3NO. The number of hydrogen-bond donors (Lipinski definition) is 1. The lowest BCUT2D eigenvalue weighted by Crippen LogP contribution is -2.07. The third kappa shape index (κ3) is 1.72. The molecule has 0 atom stereocenters. The number of hydrogen-bond acceptors (Lipinski definition) is 2. The summed E-state index contributed by atoms with van der Waals surface area (Å²) in [7, 11) is 0. The van der Waals surface area contributed by atoms with Crippen LogP contribution in [0.1, 0.15) is 11.1 Å². The smallest absolute Gasteiger partial charge is 0.421 e. The van der Waals surface area contributed by atoms with Crippen LogP contribution >= 0.6 is 0 Å². The summed E-state index contributed by atoms with van der Waals surface area (Å²) in [6.07, 6.45) is -4.70. The quantitative estimate of drug-likeness (QED) is 0.677. The molecule has 0 aliphatic rings. The highest BCUT2D eigenvalue weighted by atomic mass is 19.4. The Hall–Kier alpha value is -1.70. The van der Waals surface area contributed by atoms with Crippen LogP contribution in [0.3, 0.4) is 0 Å². The van der Waals surface area contributed by atoms with E-state index in [1.54, 1.807) is 0 Å². The van der Waals surface area contributed by atoms with Crippen molar-refractivity contribution in [2.24, 2.45) is 0 Å². The number of benzene rings is 1. The predicted octanol–water partition coefficient (Wildman–Crippen LogP) is 2.28. The first-order valence-corrected chi connectivity index (χ1v) is 3.26. The van der Waals surface area contributed by atoms with E-state index in [1.165, 1.54) is 12.1 Å². The first-order valence-electron chi connectivity index (χ1n) is 3.26. The van der Waals surface area contributed by atoms with Gasteiger partial charge in [0, 0.05) is 0 Å². The highest BCUT2D eigenvalue weighted by Gasteiger charge is 2.36. The molecule has 0 saturated heterocycles. The number of halogens is 3. The molecule has 0 heterocycles. The average Bonchev–Trinajstić information content (AvgIpc) is 2.01. The van der Waals surface area contributed by atoms with Crippen molar-refractivity contribution in [2.45, 2.75) is 6.18 Å². The van der Waals surface area contributed by atoms with Crippen LogP contribution in [0.2, 0.25) is 0 Å². The van der Waals surface area contributed by atoms with Gasteiger partial charge < -0.3 is 5.11 Å². The first-order chi connectivity index (χ1) is 5.96. The topological polar surface area (TPSA) is 44.0 Å². The van der Waals surface area contributed by atoms with Gasteiger partial charge in [0.05, 0.1) is 11.6 Å². The SMILES string of the molecule is N#Cc1cccc(O)c1C(F)(F)F. The van der Waals surface area contributed by atoms with E-state index in [2.05, 4.69) is 0 Å². The van der Waals surface area contributed by atoms with Crippen molar-refractivity contribution >= 4 is 0 Å². The Morgan fingerprint density at radius 1 is 1.31 bits per heavy atom. The Morgan fingerprint density at radius 3 is 2.31 bits per heavy atom. The lowest BCUT2D eigenvalue weighted by molar-refractivity contribution is -0.138. The van der Waals surface area contributed by atoms with Crippen molar-refractivity contribution in [1.29, 1.82) is 5.26 Å². The van der Waals surface area contributed by atoms with Gasteiger partial charge >= 0.3 is 6.18 Å². The molecule has 0 bridgehead atoms. The highest BCUT2D eigenvalue weighted by Crippen LogP contribution is 2.37. The van der Waals surface area contributed by atoms with Crippen LogP contribution in [-0.4, -0.2) is 5.11 Å². The Labute approximate surface area is 71.8 Å². The second-order valence-electron chi connectivity index (χ2n) is 2.31. The maximum absolute atomic E-state index is 12.2. The standard InChI is InChI=1S/C8H4F3NO/c9-8(10,11)7-5(4-12)2-1-3-6(7)13/h1-3,13H. The maximum atomic E-state index is 12.2. The van der Waals surface area contributed by atoms with Crippen molar-refractivity contribution in [1.82, 2.24) is 0 Å². The predicted molar refractivity (Wildman–Crippen MR) is 37.8 cm³/mol. The molecule has 0 saturated carbocycles. The van der Waals surface area contributed by atoms with Gasteiger partial charge in [-0.15, -0.1) is 0 Å². The van der Waals surface area contributed by atoms with E-state index in [0.717, 1.165) is 12.1 Å². The molecule has 0 aromatic heterocycles. The minimum atomic E-state index is -4.70. The Morgan fingerprint density at radius 2 is 1.92 bits per heavy atom. The monoisotopic (exact) mass is 187 g/mol. The van der Waals surface area contributed by atoms with Crippen LogP contribution < -0.4 is 0 Å². The number of nitrogens with zero attached hydrogens (tertiary/aromatic N) is 1. The number of alkyl halides is 3. The van der Waals surface area contributed by atoms with Gasteiger partial charge in [-0.1, -0.05) is 6.07 Å². The van der Waals surface area contributed by atoms with E-state index in [1.807, 2.05) is 0 Å². The van der Waals surface area contributed by atoms with Crippen molar-refractivity contribution in [2.75, 3.05) is 0 Å². The van der Waals surface area contributed by atoms with Crippen LogP contribution in [0.4, 0.5) is 13.2 Å². The van der Waals surface area contributed by atoms with Gasteiger partial charge in [0.1, 0.15) is 11.3 Å². The van der Waals surface area contributed by atoms with Gasteiger partial charge in [0.15, 0.2) is 0 Å². The zero-order valence-electron chi connectivity index (χ0n) is 6.26. The molecule has 0 aliphatic heterocycles. The summed E-state index contributed by atoms with van der Waals surface area (Å²) < 4.78 is 36.6. The second-order valence-corrected chi connectivity index (χ2v) is 2.31. The largest absolute Gasteiger partial charge is 0.507 e. The van der Waals surface area contributed by atoms with Crippen molar-refractivity contribution in [3.63, 3.8) is 0 Å². The van der Waals surface area contributed by atoms with E-state index in [4.69, 9.17) is 10.4 Å². The Kier molecular flexibility index (Phi) is 2.15. The molecule has 1 rings (SSSR count). The van der Waals surface area contributed by atoms with Gasteiger partial charge in [0.2, 0.25) is 0 Å². The molecule has 1 aromatic rings. The molecule has 68 valence electrons. The third-order valence-electron chi connectivity index (χ3n) is 1.45. The molecule has 0 unspecified atom stereocenters. The van der Waals surface area contributed by atoms with Crippen LogP contribution in [0.15, 0.2) is 18.2 Å². The summed E-state index contributed by atoms with van der Waals surface area (Å²) in [6.45, 7) is 0. The second kappa shape index (κ2) is 2.98. The minimum Gasteiger partial charge on any atom is -0.507 e. The number of aromatic hydroxyl groups is 1. The van der Waals surface area contributed by atoms with Crippen molar-refractivity contribution < 1.29 is 18.3 Å². The third-order valence-corrected chi connectivity index (χ3v) is 1.45. The van der Waals surface area contributed by atoms with Crippen LogP contribution in [0.5, 0.6) is 5.75 Å². The fraction of sp³-hybridized carbons (Fsp3) is 0.125. The normalized spacial score (nSPS) is 10.9. The molecule has 0 amide bonds. The number of rotatable bonds is 0. The number of phenols is 1. The van der Waals surface area contributed by atoms with Crippen molar-refractivity contribution in [3.8, 4) is 11.8 Å². The fourth-order valence-electron chi connectivity index (χ4n) is 0.931. The van der Waals surface area contributed by atoms with E-state index in [-0.39, 0.29) is 0 Å². The maximum Gasteiger partial charge on any atom is 0.421 e. The zero-order valence-corrected chi connectivity index (χ0v) is 6.26. The summed E-state index contributed by atoms with van der Waals surface area (Å²) in [5.41, 5.74) is -1.86. The molecule has 2 nitrogen and oxygen atoms in total. The van der Waals surface area contributed by atoms with E-state index in [9.17, 15) is 13.2 Å². The molecule has 1 N–H and O–H groups in total. The van der Waals surface area contributed by atoms with Gasteiger partial charge in [-0.3, -0.25) is 0 Å². The molecule has 0 spiro atoms. The highest BCUT2D eigenvalue weighted by molar-refractivity contribution is 5.47. The van der Waals surface area contributed by atoms with Crippen LogP contribution in [0.25, 0.3) is 0 Å². The molecule has 13 heavy (non-hydrogen) atoms. The molecule has 0 aliphatic carbocycles. The average molecular weight is 187 g/mol. The molecule has 5 heteroatoms. The number of nitriles is 1. The van der Waals surface area contributed by atoms with Crippen LogP contribution in [0, 0.1) is 11.3 Å². The summed E-state index contributed by atoms with van der Waals surface area (Å²) in [5.74, 6) is -0.924. The Bertz CT molecular complexity index is 365. The number of phenolic OH excluding ortho intramolecular Hbond substituents is 1. The van der Waals surface area contributed by atoms with E-state index in [0.29, 0.717) is 0 Å². The summed E-state index contributed by atoms with van der Waals surface area (Å²) >= 11 is 0. The molecule has 0 fully saturated rings. The van der Waals surface area contributed by atoms with Crippen LogP contribution in [-0.2, 0) is 6.18 Å². The molecular weight excluding hydrogens is 183 g/mol. The van der Waals surface area contributed by atoms with E-state index >= 15 is 0 Å². The fourth-order valence-corrected chi connectivity index (χ4v) is 0.931. The summed E-state index contributed by atoms with van der Waals surface area (Å²) in [5, 5.41) is 17.2. The van der Waals surface area contributed by atoms with E-state index < -0.39 is 23.1 Å². The summed E-state index contributed by atoms with van der Waals surface area (Å²) in [4.78, 5) is 0.